The highest BCUT2D eigenvalue weighted by atomic mass is 32.2. The summed E-state index contributed by atoms with van der Waals surface area (Å²) in [6, 6.07) is 9.27. The summed E-state index contributed by atoms with van der Waals surface area (Å²) in [5.41, 5.74) is 1.07. The minimum atomic E-state index is -0.181. The molecule has 0 radical (unpaired) electrons. The van der Waals surface area contributed by atoms with E-state index in [1.807, 2.05) is 30.3 Å². The number of imide groups is 1. The molecule has 0 saturated carbocycles. The number of thioether (sulfide) groups is 1. The van der Waals surface area contributed by atoms with Crippen LogP contribution in [-0.2, 0) is 4.79 Å². The normalized spacial score (nSPS) is 18.6. The number of hydrogen-bond acceptors (Lipinski definition) is 6. The second-order valence-corrected chi connectivity index (χ2v) is 7.12. The van der Waals surface area contributed by atoms with Crippen molar-refractivity contribution < 1.29 is 14.4 Å². The zero-order valence-corrected chi connectivity index (χ0v) is 14.8. The lowest BCUT2D eigenvalue weighted by molar-refractivity contribution is -0.126. The molecule has 9 heteroatoms. The molecule has 2 aromatic rings. The molecule has 26 heavy (non-hydrogen) atoms. The fraction of sp³-hybridized carbons (Fsp3) is 0.353. The molecule has 0 atom stereocenters. The second kappa shape index (κ2) is 6.91. The van der Waals surface area contributed by atoms with E-state index in [4.69, 9.17) is 0 Å². The summed E-state index contributed by atoms with van der Waals surface area (Å²) < 4.78 is 0. The summed E-state index contributed by atoms with van der Waals surface area (Å²) in [6.45, 7) is 0.979. The van der Waals surface area contributed by atoms with Crippen LogP contribution in [0.2, 0.25) is 0 Å². The average Bonchev–Trinajstić information content (AvgIpc) is 3.29. The topological polar surface area (TPSA) is 88.4 Å². The van der Waals surface area contributed by atoms with Gasteiger partial charge in [0.05, 0.1) is 17.6 Å². The minimum Gasteiger partial charge on any atom is -0.337 e. The van der Waals surface area contributed by atoms with E-state index in [0.29, 0.717) is 25.9 Å². The monoisotopic (exact) mass is 371 g/mol. The number of para-hydroxylation sites is 1. The molecule has 1 aromatic heterocycles. The van der Waals surface area contributed by atoms with Gasteiger partial charge in [0.15, 0.2) is 5.69 Å². The smallest absolute Gasteiger partial charge is 0.289 e. The largest absolute Gasteiger partial charge is 0.337 e. The number of piperidine rings is 1. The van der Waals surface area contributed by atoms with Gasteiger partial charge in [-0.25, -0.2) is 0 Å². The molecule has 0 N–H and O–H groups in total. The van der Waals surface area contributed by atoms with Crippen LogP contribution < -0.4 is 0 Å². The zero-order valence-electron chi connectivity index (χ0n) is 13.9. The lowest BCUT2D eigenvalue weighted by Gasteiger charge is -2.35. The van der Waals surface area contributed by atoms with Gasteiger partial charge in [0, 0.05) is 19.1 Å². The summed E-state index contributed by atoms with van der Waals surface area (Å²) >= 11 is 1.05. The molecule has 4 rings (SSSR count). The first-order chi connectivity index (χ1) is 12.6. The maximum atomic E-state index is 12.7. The number of amides is 3. The van der Waals surface area contributed by atoms with E-state index in [-0.39, 0.29) is 34.5 Å². The van der Waals surface area contributed by atoms with Crippen molar-refractivity contribution in [3.05, 3.63) is 42.2 Å². The van der Waals surface area contributed by atoms with Gasteiger partial charge in [-0.05, 0) is 25.0 Å². The van der Waals surface area contributed by atoms with Gasteiger partial charge in [-0.15, -0.1) is 5.10 Å². The number of likely N-dealkylation sites (tertiary alicyclic amines) is 1. The number of aromatic nitrogens is 3. The number of carbonyl (C=O) groups excluding carboxylic acids is 3. The van der Waals surface area contributed by atoms with E-state index in [1.165, 1.54) is 15.9 Å². The Labute approximate surface area is 154 Å². The summed E-state index contributed by atoms with van der Waals surface area (Å²) in [7, 11) is 0. The third kappa shape index (κ3) is 3.10. The predicted molar refractivity (Wildman–Crippen MR) is 95.0 cm³/mol. The summed E-state index contributed by atoms with van der Waals surface area (Å²) in [5, 5.41) is 8.25. The van der Waals surface area contributed by atoms with E-state index >= 15 is 0 Å². The van der Waals surface area contributed by atoms with Gasteiger partial charge in [0.1, 0.15) is 0 Å². The number of carbonyl (C=O) groups is 3. The first kappa shape index (κ1) is 16.8. The molecule has 8 nitrogen and oxygen atoms in total. The molecule has 0 unspecified atom stereocenters. The van der Waals surface area contributed by atoms with Gasteiger partial charge in [-0.1, -0.05) is 30.0 Å². The van der Waals surface area contributed by atoms with Gasteiger partial charge in [-0.3, -0.25) is 19.3 Å². The molecule has 0 bridgehead atoms. The number of rotatable bonds is 3. The van der Waals surface area contributed by atoms with E-state index in [9.17, 15) is 14.4 Å². The first-order valence-corrected chi connectivity index (χ1v) is 9.38. The Morgan fingerprint density at radius 3 is 2.50 bits per heavy atom. The Bertz CT molecular complexity index is 829. The highest BCUT2D eigenvalue weighted by Gasteiger charge is 2.38. The Morgan fingerprint density at radius 1 is 1.12 bits per heavy atom. The third-order valence-electron chi connectivity index (χ3n) is 4.60. The van der Waals surface area contributed by atoms with Crippen molar-refractivity contribution in [1.82, 2.24) is 24.8 Å². The van der Waals surface area contributed by atoms with Crippen LogP contribution in [0.3, 0.4) is 0 Å². The van der Waals surface area contributed by atoms with Crippen LogP contribution >= 0.6 is 11.8 Å². The van der Waals surface area contributed by atoms with E-state index < -0.39 is 0 Å². The van der Waals surface area contributed by atoms with Crippen LogP contribution in [0.15, 0.2) is 36.5 Å². The van der Waals surface area contributed by atoms with Crippen molar-refractivity contribution in [3.8, 4) is 5.69 Å². The van der Waals surface area contributed by atoms with Crippen molar-refractivity contribution in [1.29, 1.82) is 0 Å². The van der Waals surface area contributed by atoms with Crippen molar-refractivity contribution in [2.45, 2.75) is 18.9 Å². The molecule has 0 aliphatic carbocycles. The SMILES string of the molecule is O=C(c1cnn(-c2ccccc2)n1)N1CCC(N2C(=O)CSC2=O)CC1. The Hall–Kier alpha value is -2.68. The zero-order chi connectivity index (χ0) is 18.1. The fourth-order valence-electron chi connectivity index (χ4n) is 3.25. The van der Waals surface area contributed by atoms with Gasteiger partial charge in [-0.2, -0.15) is 9.90 Å². The van der Waals surface area contributed by atoms with Crippen LogP contribution in [0, 0.1) is 0 Å². The minimum absolute atomic E-state index is 0.117. The molecule has 1 aromatic carbocycles. The maximum Gasteiger partial charge on any atom is 0.289 e. The number of hydrogen-bond donors (Lipinski definition) is 0. The van der Waals surface area contributed by atoms with E-state index in [0.717, 1.165) is 17.4 Å². The van der Waals surface area contributed by atoms with Gasteiger partial charge >= 0.3 is 0 Å². The number of benzene rings is 1. The quantitative estimate of drug-likeness (QED) is 0.814. The molecule has 2 saturated heterocycles. The lowest BCUT2D eigenvalue weighted by atomic mass is 10.0. The van der Waals surface area contributed by atoms with Crippen LogP contribution in [0.4, 0.5) is 4.79 Å². The predicted octanol–water partition coefficient (Wildman–Crippen LogP) is 1.57. The standard InChI is InChI=1S/C17H17N5O3S/c23-15-11-26-17(25)21(15)12-6-8-20(9-7-12)16(24)14-10-18-22(19-14)13-4-2-1-3-5-13/h1-5,10,12H,6-9,11H2. The molecule has 0 spiro atoms. The van der Waals surface area contributed by atoms with Gasteiger partial charge in [0.2, 0.25) is 5.91 Å². The van der Waals surface area contributed by atoms with Crippen LogP contribution in [-0.4, -0.2) is 66.7 Å². The van der Waals surface area contributed by atoms with Gasteiger partial charge in [0.25, 0.3) is 11.1 Å². The molecule has 2 aliphatic heterocycles. The maximum absolute atomic E-state index is 12.7. The van der Waals surface area contributed by atoms with Crippen LogP contribution in [0.25, 0.3) is 5.69 Å². The molecule has 3 amide bonds. The first-order valence-electron chi connectivity index (χ1n) is 8.39. The summed E-state index contributed by atoms with van der Waals surface area (Å²) in [4.78, 5) is 40.8. The molecule has 3 heterocycles. The van der Waals surface area contributed by atoms with Crippen molar-refractivity contribution in [2.24, 2.45) is 0 Å². The highest BCUT2D eigenvalue weighted by molar-refractivity contribution is 8.14. The van der Waals surface area contributed by atoms with E-state index in [2.05, 4.69) is 10.2 Å². The lowest BCUT2D eigenvalue weighted by Crippen LogP contribution is -2.48. The van der Waals surface area contributed by atoms with Crippen molar-refractivity contribution >= 4 is 28.8 Å². The van der Waals surface area contributed by atoms with Crippen molar-refractivity contribution in [2.75, 3.05) is 18.8 Å². The number of nitrogens with zero attached hydrogens (tertiary/aromatic N) is 5. The second-order valence-electron chi connectivity index (χ2n) is 6.20. The van der Waals surface area contributed by atoms with Crippen LogP contribution in [0.1, 0.15) is 23.3 Å². The van der Waals surface area contributed by atoms with Crippen molar-refractivity contribution in [3.63, 3.8) is 0 Å². The van der Waals surface area contributed by atoms with Crippen LogP contribution in [0.5, 0.6) is 0 Å². The Kier molecular flexibility index (Phi) is 4.46. The third-order valence-corrected chi connectivity index (χ3v) is 5.43. The van der Waals surface area contributed by atoms with Gasteiger partial charge < -0.3 is 4.90 Å². The molecule has 2 aliphatic rings. The fourth-order valence-corrected chi connectivity index (χ4v) is 4.03. The summed E-state index contributed by atoms with van der Waals surface area (Å²) in [6.07, 6.45) is 2.65. The highest BCUT2D eigenvalue weighted by Crippen LogP contribution is 2.27. The average molecular weight is 371 g/mol. The molecule has 134 valence electrons. The summed E-state index contributed by atoms with van der Waals surface area (Å²) in [5.74, 6) is -0.0877. The van der Waals surface area contributed by atoms with E-state index in [1.54, 1.807) is 4.90 Å². The Balaban J connectivity index is 1.40. The molecular weight excluding hydrogens is 354 g/mol. The Morgan fingerprint density at radius 2 is 1.85 bits per heavy atom. The molecule has 2 fully saturated rings. The molecular formula is C17H17N5O3S.